The second-order valence-electron chi connectivity index (χ2n) is 17.1. The van der Waals surface area contributed by atoms with Gasteiger partial charge in [-0.3, -0.25) is 4.79 Å². The predicted octanol–water partition coefficient (Wildman–Crippen LogP) is 5.75. The summed E-state index contributed by atoms with van der Waals surface area (Å²) in [6.45, 7) is 15.5. The summed E-state index contributed by atoms with van der Waals surface area (Å²) in [6, 6.07) is 0.153. The van der Waals surface area contributed by atoms with Gasteiger partial charge >= 0.3 is 0 Å². The number of rotatable bonds is 4. The Morgan fingerprint density at radius 3 is 2.48 bits per heavy atom. The van der Waals surface area contributed by atoms with Crippen molar-refractivity contribution in [3.05, 3.63) is 42.5 Å². The molecule has 4 fully saturated rings. The molecule has 13 atom stereocenters. The Kier molecular flexibility index (Phi) is 10.3. The number of nitrogens with zero attached hydrogens (tertiary/aromatic N) is 2. The number of aliphatic hydroxyl groups excluding tert-OH is 4. The molecule has 13 unspecified atom stereocenters. The van der Waals surface area contributed by atoms with Crippen LogP contribution in [0.1, 0.15) is 98.4 Å². The van der Waals surface area contributed by atoms with Gasteiger partial charge < -0.3 is 30.1 Å². The van der Waals surface area contributed by atoms with E-state index in [4.69, 9.17) is 0 Å². The maximum atomic E-state index is 14.0. The first kappa shape index (κ1) is 36.6. The fourth-order valence-electron chi connectivity index (χ4n) is 11.0. The Bertz CT molecular complexity index is 1380. The van der Waals surface area contributed by atoms with Crippen molar-refractivity contribution in [3.8, 4) is 0 Å². The Morgan fingerprint density at radius 1 is 1.04 bits per heavy atom. The quantitative estimate of drug-likeness (QED) is 0.196. The van der Waals surface area contributed by atoms with Crippen LogP contribution in [0.4, 0.5) is 0 Å². The number of carbonyl (C=O) groups excluding carboxylic acids is 1. The zero-order valence-corrected chi connectivity index (χ0v) is 31.1. The summed E-state index contributed by atoms with van der Waals surface area (Å²) < 4.78 is 2.17. The number of fused-ring (bicyclic) bond motifs is 9. The fraction of sp³-hybridized carbons (Fsp3) is 0.789. The number of imidazole rings is 1. The number of hydrogen-bond donors (Lipinski definition) is 5. The highest BCUT2D eigenvalue weighted by molar-refractivity contribution is 8.76. The van der Waals surface area contributed by atoms with Crippen molar-refractivity contribution in [2.75, 3.05) is 12.4 Å². The second kappa shape index (κ2) is 13.4. The fourth-order valence-corrected chi connectivity index (χ4v) is 14.4. The lowest BCUT2D eigenvalue weighted by Crippen LogP contribution is -2.63. The maximum Gasteiger partial charge on any atom is 0.159 e. The van der Waals surface area contributed by atoms with Crippen molar-refractivity contribution >= 4 is 27.4 Å². The van der Waals surface area contributed by atoms with E-state index in [1.54, 1.807) is 6.08 Å². The summed E-state index contributed by atoms with van der Waals surface area (Å²) in [5.41, 5.74) is -0.836. The molecule has 1 aromatic rings. The number of allylic oxidation sites excluding steroid dienone is 1. The van der Waals surface area contributed by atoms with Crippen molar-refractivity contribution in [1.82, 2.24) is 9.55 Å². The summed E-state index contributed by atoms with van der Waals surface area (Å²) in [5.74, 6) is -0.0167. The van der Waals surface area contributed by atoms with Gasteiger partial charge in [-0.05, 0) is 98.0 Å². The molecule has 0 spiro atoms. The molecule has 1 aromatic heterocycles. The molecule has 1 aliphatic heterocycles. The van der Waals surface area contributed by atoms with Crippen LogP contribution < -0.4 is 0 Å². The Morgan fingerprint density at radius 2 is 1.79 bits per heavy atom. The number of aliphatic hydroxyl groups is 5. The average Bonchev–Trinajstić information content (AvgIpc) is 3.64. The smallest absolute Gasteiger partial charge is 0.159 e. The Balaban J connectivity index is 1.45. The first-order chi connectivity index (χ1) is 22.6. The highest BCUT2D eigenvalue weighted by Crippen LogP contribution is 2.71. The third-order valence-electron chi connectivity index (χ3n) is 14.2. The highest BCUT2D eigenvalue weighted by atomic mass is 33.1. The minimum atomic E-state index is -1.30. The Labute approximate surface area is 294 Å². The molecule has 1 saturated heterocycles. The number of carbonyl (C=O) groups is 1. The van der Waals surface area contributed by atoms with E-state index in [9.17, 15) is 30.3 Å². The number of aromatic nitrogens is 2. The van der Waals surface area contributed by atoms with Crippen LogP contribution in [0.15, 0.2) is 42.5 Å². The van der Waals surface area contributed by atoms with Crippen LogP contribution in [0.25, 0.3) is 0 Å². The van der Waals surface area contributed by atoms with E-state index >= 15 is 0 Å². The zero-order valence-electron chi connectivity index (χ0n) is 29.4. The van der Waals surface area contributed by atoms with Crippen LogP contribution in [0, 0.1) is 45.8 Å². The van der Waals surface area contributed by atoms with Crippen molar-refractivity contribution in [2.24, 2.45) is 45.8 Å². The minimum absolute atomic E-state index is 0.00327. The topological polar surface area (TPSA) is 136 Å². The molecule has 0 radical (unpaired) electrons. The van der Waals surface area contributed by atoms with Crippen molar-refractivity contribution in [2.45, 2.75) is 128 Å². The van der Waals surface area contributed by atoms with Crippen LogP contribution in [0.2, 0.25) is 0 Å². The highest BCUT2D eigenvalue weighted by Gasteiger charge is 2.71. The van der Waals surface area contributed by atoms with Gasteiger partial charge in [-0.25, -0.2) is 4.98 Å². The molecule has 10 heteroatoms. The summed E-state index contributed by atoms with van der Waals surface area (Å²) in [6.07, 6.45) is 10.5. The van der Waals surface area contributed by atoms with Gasteiger partial charge in [-0.15, -0.1) is 0 Å². The van der Waals surface area contributed by atoms with Gasteiger partial charge in [0.05, 0.1) is 30.2 Å². The van der Waals surface area contributed by atoms with Crippen molar-refractivity contribution < 1.29 is 30.3 Å². The van der Waals surface area contributed by atoms with Gasteiger partial charge in [-0.2, -0.15) is 0 Å². The van der Waals surface area contributed by atoms with E-state index in [1.165, 1.54) is 0 Å². The van der Waals surface area contributed by atoms with Crippen molar-refractivity contribution in [3.63, 3.8) is 0 Å². The van der Waals surface area contributed by atoms with Crippen LogP contribution >= 0.6 is 21.6 Å². The lowest BCUT2D eigenvalue weighted by Gasteiger charge is -2.61. The molecule has 2 heterocycles. The molecular formula is C38H58N2O6S2. The average molecular weight is 703 g/mol. The lowest BCUT2D eigenvalue weighted by molar-refractivity contribution is -0.159. The first-order valence-corrected chi connectivity index (χ1v) is 20.5. The van der Waals surface area contributed by atoms with E-state index in [-0.39, 0.29) is 65.1 Å². The van der Waals surface area contributed by atoms with Gasteiger partial charge in [0, 0.05) is 53.3 Å². The van der Waals surface area contributed by atoms with Crippen LogP contribution in [0.5, 0.6) is 0 Å². The molecule has 5 aliphatic rings. The monoisotopic (exact) mass is 702 g/mol. The molecule has 6 rings (SSSR count). The summed E-state index contributed by atoms with van der Waals surface area (Å²) >= 11 is 0. The standard InChI is InChI=1S/C38H58N2O6S2/c1-22-14-30(42)23(2)26-15-29(34(8-7-13-41)48-47-20-24(18-35(22,3)4)40-12-11-39-21-40)38(46)27-16-31(43)28-17-32(44)33(45)19-36(28,5)25(27)9-10-37(26,38)6/h11-12,16,21,23-26,28-30,32-34,41-42,44-46H,1,7-10,13-15,17-20H2,2-6H3. The molecule has 48 heavy (non-hydrogen) atoms. The SMILES string of the molecule is C=C1CC(O)C(C)C2CC(C(CCCO)SSCC(n3ccnc3)CC1(C)C)C1(O)C3=CC(=O)C4CC(O)C(O)CC4(C)C3CCC21C. The van der Waals surface area contributed by atoms with Crippen LogP contribution in [0.3, 0.4) is 0 Å². The molecule has 0 aromatic carbocycles. The lowest BCUT2D eigenvalue weighted by atomic mass is 9.45. The largest absolute Gasteiger partial charge is 0.396 e. The summed E-state index contributed by atoms with van der Waals surface area (Å²) in [7, 11) is 3.63. The van der Waals surface area contributed by atoms with E-state index < -0.39 is 34.7 Å². The molecular weight excluding hydrogens is 645 g/mol. The molecule has 4 aliphatic carbocycles. The van der Waals surface area contributed by atoms with E-state index in [0.717, 1.165) is 49.0 Å². The van der Waals surface area contributed by atoms with Crippen LogP contribution in [-0.4, -0.2) is 82.4 Å². The van der Waals surface area contributed by atoms with Gasteiger partial charge in [0.15, 0.2) is 5.78 Å². The van der Waals surface area contributed by atoms with E-state index in [2.05, 4.69) is 50.7 Å². The summed E-state index contributed by atoms with van der Waals surface area (Å²) in [5, 5.41) is 57.1. The molecule has 0 amide bonds. The van der Waals surface area contributed by atoms with Gasteiger partial charge in [-0.1, -0.05) is 68.4 Å². The number of ketones is 1. The van der Waals surface area contributed by atoms with E-state index in [1.807, 2.05) is 40.3 Å². The van der Waals surface area contributed by atoms with E-state index in [0.29, 0.717) is 19.3 Å². The molecule has 5 N–H and O–H groups in total. The van der Waals surface area contributed by atoms with Crippen LogP contribution in [-0.2, 0) is 4.79 Å². The molecule has 268 valence electrons. The zero-order chi connectivity index (χ0) is 34.8. The molecule has 2 bridgehead atoms. The normalized spacial score (nSPS) is 46.6. The predicted molar refractivity (Wildman–Crippen MR) is 192 cm³/mol. The maximum absolute atomic E-state index is 14.0. The summed E-state index contributed by atoms with van der Waals surface area (Å²) in [4.78, 5) is 18.4. The third-order valence-corrected chi connectivity index (χ3v) is 17.2. The first-order valence-electron chi connectivity index (χ1n) is 18.2. The molecule has 8 nitrogen and oxygen atoms in total. The third kappa shape index (κ3) is 5.91. The van der Waals surface area contributed by atoms with Crippen molar-refractivity contribution in [1.29, 1.82) is 0 Å². The molecule has 3 saturated carbocycles. The Hall–Kier alpha value is -1.14. The van der Waals surface area contributed by atoms with Gasteiger partial charge in [0.25, 0.3) is 0 Å². The number of hydrogen-bond acceptors (Lipinski definition) is 9. The van der Waals surface area contributed by atoms with Gasteiger partial charge in [0.2, 0.25) is 0 Å². The second-order valence-corrected chi connectivity index (χ2v) is 19.8. The van der Waals surface area contributed by atoms with Gasteiger partial charge in [0.1, 0.15) is 0 Å². The minimum Gasteiger partial charge on any atom is -0.396 e.